The molecular weight excluding hydrogens is 571 g/mol. The molecule has 40 heavy (non-hydrogen) atoms. The van der Waals surface area contributed by atoms with Crippen molar-refractivity contribution < 1.29 is 18.7 Å². The monoisotopic (exact) mass is 596 g/mol. The van der Waals surface area contributed by atoms with Gasteiger partial charge in [-0.1, -0.05) is 46.7 Å². The number of halogens is 2. The highest BCUT2D eigenvalue weighted by atomic mass is 35.5. The van der Waals surface area contributed by atoms with Crippen molar-refractivity contribution in [3.63, 3.8) is 0 Å². The highest BCUT2D eigenvalue weighted by Gasteiger charge is 2.33. The van der Waals surface area contributed by atoms with Crippen LogP contribution in [-0.2, 0) is 9.53 Å². The van der Waals surface area contributed by atoms with E-state index < -0.39 is 12.0 Å². The van der Waals surface area contributed by atoms with Gasteiger partial charge in [-0.2, -0.15) is 0 Å². The Labute approximate surface area is 244 Å². The number of benzene rings is 2. The van der Waals surface area contributed by atoms with Gasteiger partial charge in [0, 0.05) is 16.7 Å². The Balaban J connectivity index is 1.62. The predicted molar refractivity (Wildman–Crippen MR) is 157 cm³/mol. The van der Waals surface area contributed by atoms with E-state index in [2.05, 4.69) is 4.99 Å². The Morgan fingerprint density at radius 1 is 1.15 bits per heavy atom. The third-order valence-corrected chi connectivity index (χ3v) is 7.72. The van der Waals surface area contributed by atoms with Gasteiger partial charge in [0.05, 0.1) is 39.6 Å². The second-order valence-corrected chi connectivity index (χ2v) is 11.2. The number of aromatic nitrogens is 1. The van der Waals surface area contributed by atoms with Gasteiger partial charge in [-0.15, -0.1) is 0 Å². The molecule has 0 radical (unpaired) electrons. The lowest BCUT2D eigenvalue weighted by Crippen LogP contribution is -2.40. The highest BCUT2D eigenvalue weighted by molar-refractivity contribution is 7.07. The van der Waals surface area contributed by atoms with Gasteiger partial charge in [0.15, 0.2) is 4.80 Å². The minimum absolute atomic E-state index is 0.299. The lowest BCUT2D eigenvalue weighted by molar-refractivity contribution is -0.143. The summed E-state index contributed by atoms with van der Waals surface area (Å²) in [5, 5.41) is 0.982. The molecular formula is C30H26Cl2N2O5S. The molecule has 0 N–H and O–H groups in total. The van der Waals surface area contributed by atoms with E-state index in [0.29, 0.717) is 60.1 Å². The van der Waals surface area contributed by atoms with Crippen LogP contribution in [0.3, 0.4) is 0 Å². The van der Waals surface area contributed by atoms with Gasteiger partial charge in [-0.25, -0.2) is 9.79 Å². The summed E-state index contributed by atoms with van der Waals surface area (Å²) in [6, 6.07) is 15.3. The molecule has 0 spiro atoms. The van der Waals surface area contributed by atoms with Gasteiger partial charge in [-0.3, -0.25) is 9.36 Å². The number of thiazole rings is 1. The fourth-order valence-electron chi connectivity index (χ4n) is 4.48. The zero-order chi connectivity index (χ0) is 28.6. The van der Waals surface area contributed by atoms with Crippen LogP contribution in [0.1, 0.15) is 45.1 Å². The predicted octanol–water partition coefficient (Wildman–Crippen LogP) is 6.15. The van der Waals surface area contributed by atoms with Crippen molar-refractivity contribution in [1.29, 1.82) is 0 Å². The zero-order valence-corrected chi connectivity index (χ0v) is 24.6. The summed E-state index contributed by atoms with van der Waals surface area (Å²) < 4.78 is 19.1. The average molecular weight is 598 g/mol. The van der Waals surface area contributed by atoms with E-state index in [4.69, 9.17) is 37.1 Å². The molecule has 2 aromatic carbocycles. The fraction of sp³-hybridized carbons (Fsp3) is 0.233. The summed E-state index contributed by atoms with van der Waals surface area (Å²) >= 11 is 13.6. The Morgan fingerprint density at radius 3 is 2.58 bits per heavy atom. The fourth-order valence-corrected chi connectivity index (χ4v) is 6.01. The number of fused-ring (bicyclic) bond motifs is 1. The Bertz CT molecular complexity index is 1800. The molecule has 7 nitrogen and oxygen atoms in total. The second kappa shape index (κ2) is 11.5. The average Bonchev–Trinajstić information content (AvgIpc) is 3.47. The number of rotatable bonds is 7. The lowest BCUT2D eigenvalue weighted by atomic mass is 9.96. The summed E-state index contributed by atoms with van der Waals surface area (Å²) in [6.07, 6.45) is 1.33. The molecule has 1 atom stereocenters. The van der Waals surface area contributed by atoms with Crippen LogP contribution in [0.2, 0.25) is 10.0 Å². The molecule has 0 unspecified atom stereocenters. The van der Waals surface area contributed by atoms with E-state index in [9.17, 15) is 9.59 Å². The molecule has 5 rings (SSSR count). The first-order valence-corrected chi connectivity index (χ1v) is 14.2. The first-order chi connectivity index (χ1) is 19.2. The van der Waals surface area contributed by atoms with E-state index in [0.717, 1.165) is 5.56 Å². The molecule has 0 amide bonds. The van der Waals surface area contributed by atoms with Crippen LogP contribution in [0.5, 0.6) is 5.75 Å². The van der Waals surface area contributed by atoms with Crippen LogP contribution >= 0.6 is 34.5 Å². The molecule has 0 saturated heterocycles. The SMILES string of the molecule is CCOc1ccc([C@@H]2C(C(=O)OC(C)C)=C(C)N=c3s/c(=C/c4ccc(-c5ccc(Cl)cc5Cl)o4)c(=O)n32)cc1. The van der Waals surface area contributed by atoms with E-state index in [-0.39, 0.29) is 11.7 Å². The van der Waals surface area contributed by atoms with Crippen molar-refractivity contribution in [1.82, 2.24) is 4.57 Å². The normalized spacial score (nSPS) is 15.3. The smallest absolute Gasteiger partial charge is 0.338 e. The van der Waals surface area contributed by atoms with Crippen molar-refractivity contribution in [3.8, 4) is 17.1 Å². The lowest BCUT2D eigenvalue weighted by Gasteiger charge is -2.25. The maximum absolute atomic E-state index is 13.8. The number of allylic oxidation sites excluding steroid dienone is 1. The first kappa shape index (κ1) is 28.0. The Morgan fingerprint density at radius 2 is 1.90 bits per heavy atom. The molecule has 4 aromatic rings. The van der Waals surface area contributed by atoms with Crippen LogP contribution < -0.4 is 19.6 Å². The second-order valence-electron chi connectivity index (χ2n) is 9.36. The summed E-state index contributed by atoms with van der Waals surface area (Å²) in [7, 11) is 0. The third-order valence-electron chi connectivity index (χ3n) is 6.19. The molecule has 0 bridgehead atoms. The summed E-state index contributed by atoms with van der Waals surface area (Å²) in [5.41, 5.74) is 1.93. The number of ether oxygens (including phenoxy) is 2. The van der Waals surface area contributed by atoms with Gasteiger partial charge in [0.1, 0.15) is 17.3 Å². The first-order valence-electron chi connectivity index (χ1n) is 12.7. The summed E-state index contributed by atoms with van der Waals surface area (Å²) in [6.45, 7) is 7.75. The number of hydrogen-bond donors (Lipinski definition) is 0. The number of hydrogen-bond acceptors (Lipinski definition) is 7. The van der Waals surface area contributed by atoms with E-state index >= 15 is 0 Å². The van der Waals surface area contributed by atoms with Crippen molar-refractivity contribution >= 4 is 46.6 Å². The highest BCUT2D eigenvalue weighted by Crippen LogP contribution is 2.33. The summed E-state index contributed by atoms with van der Waals surface area (Å²) in [5.74, 6) is 1.20. The largest absolute Gasteiger partial charge is 0.494 e. The third kappa shape index (κ3) is 5.52. The standard InChI is InChI=1S/C30H26Cl2N2O5S/c1-5-37-20-9-6-18(7-10-20)27-26(29(36)38-16(2)3)17(4)33-30-34(27)28(35)25(40-30)15-21-11-13-24(39-21)22-12-8-19(31)14-23(22)32/h6-16,27H,5H2,1-4H3/b25-15+/t27-/m1/s1. The molecule has 10 heteroatoms. The zero-order valence-electron chi connectivity index (χ0n) is 22.2. The molecule has 0 fully saturated rings. The Hall–Kier alpha value is -3.59. The number of esters is 1. The number of furan rings is 1. The molecule has 206 valence electrons. The van der Waals surface area contributed by atoms with Crippen LogP contribution in [0.15, 0.2) is 80.1 Å². The minimum atomic E-state index is -0.722. The minimum Gasteiger partial charge on any atom is -0.494 e. The molecule has 2 aromatic heterocycles. The van der Waals surface area contributed by atoms with Gasteiger partial charge >= 0.3 is 5.97 Å². The molecule has 0 saturated carbocycles. The van der Waals surface area contributed by atoms with E-state index in [1.807, 2.05) is 31.2 Å². The Kier molecular flexibility index (Phi) is 8.03. The van der Waals surface area contributed by atoms with E-state index in [1.165, 1.54) is 15.9 Å². The van der Waals surface area contributed by atoms with E-state index in [1.54, 1.807) is 57.2 Å². The van der Waals surface area contributed by atoms with Crippen molar-refractivity contribution in [3.05, 3.63) is 107 Å². The maximum Gasteiger partial charge on any atom is 0.338 e. The quantitative estimate of drug-likeness (QED) is 0.239. The van der Waals surface area contributed by atoms with Gasteiger partial charge in [0.2, 0.25) is 0 Å². The van der Waals surface area contributed by atoms with Crippen molar-refractivity contribution in [2.24, 2.45) is 4.99 Å². The maximum atomic E-state index is 13.8. The number of nitrogens with zero attached hydrogens (tertiary/aromatic N) is 2. The van der Waals surface area contributed by atoms with Crippen LogP contribution in [0, 0.1) is 0 Å². The van der Waals surface area contributed by atoms with Crippen LogP contribution in [0.25, 0.3) is 17.4 Å². The van der Waals surface area contributed by atoms with Crippen LogP contribution in [-0.4, -0.2) is 23.2 Å². The molecule has 1 aliphatic rings. The summed E-state index contributed by atoms with van der Waals surface area (Å²) in [4.78, 5) is 32.2. The molecule has 0 aliphatic carbocycles. The van der Waals surface area contributed by atoms with Crippen LogP contribution in [0.4, 0.5) is 0 Å². The van der Waals surface area contributed by atoms with Gasteiger partial charge < -0.3 is 13.9 Å². The molecule has 3 heterocycles. The number of carbonyl (C=O) groups is 1. The molecule has 1 aliphatic heterocycles. The van der Waals surface area contributed by atoms with Gasteiger partial charge in [-0.05, 0) is 75.7 Å². The van der Waals surface area contributed by atoms with Crippen molar-refractivity contribution in [2.75, 3.05) is 6.61 Å². The van der Waals surface area contributed by atoms with Crippen molar-refractivity contribution in [2.45, 2.75) is 39.8 Å². The topological polar surface area (TPSA) is 83.0 Å². The van der Waals surface area contributed by atoms with Gasteiger partial charge in [0.25, 0.3) is 5.56 Å². The number of carbonyl (C=O) groups excluding carboxylic acids is 1.